The zero-order valence-corrected chi connectivity index (χ0v) is 11.8. The number of rotatable bonds is 10. The first-order valence-corrected chi connectivity index (χ1v) is 6.58. The second-order valence-corrected chi connectivity index (χ2v) is 4.72. The number of hydrogen-bond donors (Lipinski definition) is 1. The third-order valence-electron chi connectivity index (χ3n) is 3.05. The van der Waals surface area contributed by atoms with Crippen LogP contribution in [0.25, 0.3) is 0 Å². The van der Waals surface area contributed by atoms with Crippen molar-refractivity contribution in [2.45, 2.75) is 40.2 Å². The van der Waals surface area contributed by atoms with Gasteiger partial charge < -0.3 is 15.0 Å². The molecular formula is C13H30N2O. The maximum atomic E-state index is 5.09. The number of methoxy groups -OCH3 is 1. The number of ether oxygens (including phenoxy) is 1. The van der Waals surface area contributed by atoms with Crippen molar-refractivity contribution in [3.63, 3.8) is 0 Å². The highest BCUT2D eigenvalue weighted by atomic mass is 16.5. The first-order chi connectivity index (χ1) is 7.63. The first kappa shape index (κ1) is 15.9. The Morgan fingerprint density at radius 2 is 1.94 bits per heavy atom. The molecular weight excluding hydrogens is 200 g/mol. The summed E-state index contributed by atoms with van der Waals surface area (Å²) in [4.78, 5) is 2.51. The quantitative estimate of drug-likeness (QED) is 0.621. The maximum Gasteiger partial charge on any atom is 0.0613 e. The van der Waals surface area contributed by atoms with Crippen LogP contribution in [0.3, 0.4) is 0 Å². The van der Waals surface area contributed by atoms with Crippen molar-refractivity contribution in [1.82, 2.24) is 10.2 Å². The molecule has 0 aliphatic heterocycles. The molecule has 3 heteroatoms. The highest BCUT2D eigenvalue weighted by molar-refractivity contribution is 4.64. The van der Waals surface area contributed by atoms with E-state index in [1.54, 1.807) is 7.11 Å². The minimum Gasteiger partial charge on any atom is -0.383 e. The zero-order chi connectivity index (χ0) is 12.4. The molecule has 1 N–H and O–H groups in total. The summed E-state index contributed by atoms with van der Waals surface area (Å²) in [5.74, 6) is 0.802. The van der Waals surface area contributed by atoms with E-state index in [2.05, 4.69) is 37.9 Å². The number of nitrogens with zero attached hydrogens (tertiary/aromatic N) is 1. The summed E-state index contributed by atoms with van der Waals surface area (Å²) in [7, 11) is 1.75. The van der Waals surface area contributed by atoms with E-state index in [0.29, 0.717) is 6.04 Å². The fraction of sp³-hybridized carbons (Fsp3) is 1.00. The average Bonchev–Trinajstić information content (AvgIpc) is 2.27. The van der Waals surface area contributed by atoms with E-state index < -0.39 is 0 Å². The normalized spacial score (nSPS) is 15.4. The van der Waals surface area contributed by atoms with E-state index >= 15 is 0 Å². The SMILES string of the molecule is CCC(C)CN(CC)CCNC(C)COC. The Hall–Kier alpha value is -0.120. The number of likely N-dealkylation sites (N-methyl/N-ethyl adjacent to an activating group) is 1. The third-order valence-corrected chi connectivity index (χ3v) is 3.05. The maximum absolute atomic E-state index is 5.09. The summed E-state index contributed by atoms with van der Waals surface area (Å²) < 4.78 is 5.09. The van der Waals surface area contributed by atoms with Crippen molar-refractivity contribution >= 4 is 0 Å². The first-order valence-electron chi connectivity index (χ1n) is 6.58. The minimum absolute atomic E-state index is 0.451. The van der Waals surface area contributed by atoms with Crippen molar-refractivity contribution in [3.05, 3.63) is 0 Å². The summed E-state index contributed by atoms with van der Waals surface area (Å²) in [5, 5.41) is 3.47. The molecule has 0 rings (SSSR count). The van der Waals surface area contributed by atoms with Gasteiger partial charge in [0, 0.05) is 32.8 Å². The van der Waals surface area contributed by atoms with Crippen LogP contribution in [0, 0.1) is 5.92 Å². The lowest BCUT2D eigenvalue weighted by Crippen LogP contribution is -2.39. The highest BCUT2D eigenvalue weighted by Gasteiger charge is 2.07. The topological polar surface area (TPSA) is 24.5 Å². The molecule has 0 saturated heterocycles. The predicted molar refractivity (Wildman–Crippen MR) is 70.9 cm³/mol. The van der Waals surface area contributed by atoms with Gasteiger partial charge in [0.25, 0.3) is 0 Å². The Morgan fingerprint density at radius 1 is 1.25 bits per heavy atom. The molecule has 0 amide bonds. The average molecular weight is 230 g/mol. The Bertz CT molecular complexity index is 153. The van der Waals surface area contributed by atoms with Crippen LogP contribution in [0.1, 0.15) is 34.1 Å². The van der Waals surface area contributed by atoms with Gasteiger partial charge in [0.2, 0.25) is 0 Å². The van der Waals surface area contributed by atoms with Crippen LogP contribution in [0.2, 0.25) is 0 Å². The lowest BCUT2D eigenvalue weighted by molar-refractivity contribution is 0.168. The van der Waals surface area contributed by atoms with Crippen molar-refractivity contribution < 1.29 is 4.74 Å². The zero-order valence-electron chi connectivity index (χ0n) is 11.8. The van der Waals surface area contributed by atoms with Gasteiger partial charge in [-0.1, -0.05) is 27.2 Å². The molecule has 0 spiro atoms. The second-order valence-electron chi connectivity index (χ2n) is 4.72. The summed E-state index contributed by atoms with van der Waals surface area (Å²) >= 11 is 0. The molecule has 16 heavy (non-hydrogen) atoms. The van der Waals surface area contributed by atoms with E-state index in [1.165, 1.54) is 13.0 Å². The number of nitrogens with one attached hydrogen (secondary N) is 1. The van der Waals surface area contributed by atoms with Crippen LogP contribution in [0.5, 0.6) is 0 Å². The summed E-state index contributed by atoms with van der Waals surface area (Å²) in [6.07, 6.45) is 1.27. The molecule has 0 radical (unpaired) electrons. The smallest absolute Gasteiger partial charge is 0.0613 e. The molecule has 0 aliphatic carbocycles. The predicted octanol–water partition coefficient (Wildman–Crippen LogP) is 1.98. The van der Waals surface area contributed by atoms with Crippen molar-refractivity contribution in [2.75, 3.05) is 39.9 Å². The summed E-state index contributed by atoms with van der Waals surface area (Å²) in [6.45, 7) is 14.3. The standard InChI is InChI=1S/C13H30N2O/c1-6-12(3)10-15(7-2)9-8-14-13(4)11-16-5/h12-14H,6-11H2,1-5H3. The van der Waals surface area contributed by atoms with E-state index in [4.69, 9.17) is 4.74 Å². The van der Waals surface area contributed by atoms with Gasteiger partial charge in [-0.15, -0.1) is 0 Å². The van der Waals surface area contributed by atoms with E-state index in [-0.39, 0.29) is 0 Å². The minimum atomic E-state index is 0.451. The van der Waals surface area contributed by atoms with Crippen molar-refractivity contribution in [3.8, 4) is 0 Å². The van der Waals surface area contributed by atoms with Crippen molar-refractivity contribution in [1.29, 1.82) is 0 Å². The Labute approximate surface area is 102 Å². The molecule has 2 atom stereocenters. The summed E-state index contributed by atoms with van der Waals surface area (Å²) in [5.41, 5.74) is 0. The van der Waals surface area contributed by atoms with Crippen molar-refractivity contribution in [2.24, 2.45) is 5.92 Å². The van der Waals surface area contributed by atoms with Crippen LogP contribution in [0.15, 0.2) is 0 Å². The van der Waals surface area contributed by atoms with Crippen LogP contribution >= 0.6 is 0 Å². The van der Waals surface area contributed by atoms with Gasteiger partial charge in [0.15, 0.2) is 0 Å². The Morgan fingerprint density at radius 3 is 2.44 bits per heavy atom. The molecule has 3 nitrogen and oxygen atoms in total. The van der Waals surface area contributed by atoms with Crippen LogP contribution in [0.4, 0.5) is 0 Å². The molecule has 0 aromatic carbocycles. The van der Waals surface area contributed by atoms with E-state index in [1.807, 2.05) is 0 Å². The largest absolute Gasteiger partial charge is 0.383 e. The van der Waals surface area contributed by atoms with Gasteiger partial charge in [-0.2, -0.15) is 0 Å². The fourth-order valence-electron chi connectivity index (χ4n) is 1.73. The Balaban J connectivity index is 3.62. The molecule has 0 bridgehead atoms. The lowest BCUT2D eigenvalue weighted by atomic mass is 10.1. The number of hydrogen-bond acceptors (Lipinski definition) is 3. The molecule has 98 valence electrons. The molecule has 2 unspecified atom stereocenters. The molecule has 0 aromatic heterocycles. The van der Waals surface area contributed by atoms with Gasteiger partial charge in [0.05, 0.1) is 6.61 Å². The molecule has 0 fully saturated rings. The van der Waals surface area contributed by atoms with Gasteiger partial charge in [-0.3, -0.25) is 0 Å². The van der Waals surface area contributed by atoms with Gasteiger partial charge >= 0.3 is 0 Å². The van der Waals surface area contributed by atoms with E-state index in [9.17, 15) is 0 Å². The fourth-order valence-corrected chi connectivity index (χ4v) is 1.73. The molecule has 0 aliphatic rings. The summed E-state index contributed by atoms with van der Waals surface area (Å²) in [6, 6.07) is 0.451. The Kier molecular flexibility index (Phi) is 9.99. The van der Waals surface area contributed by atoms with Gasteiger partial charge in [-0.25, -0.2) is 0 Å². The third kappa shape index (κ3) is 8.08. The molecule has 0 heterocycles. The van der Waals surface area contributed by atoms with Crippen LogP contribution in [-0.2, 0) is 4.74 Å². The van der Waals surface area contributed by atoms with Gasteiger partial charge in [0.1, 0.15) is 0 Å². The molecule has 0 saturated carbocycles. The van der Waals surface area contributed by atoms with Crippen LogP contribution < -0.4 is 5.32 Å². The molecule has 0 aromatic rings. The van der Waals surface area contributed by atoms with E-state index in [0.717, 1.165) is 32.2 Å². The second kappa shape index (κ2) is 10.1. The van der Waals surface area contributed by atoms with Gasteiger partial charge in [-0.05, 0) is 19.4 Å². The highest BCUT2D eigenvalue weighted by Crippen LogP contribution is 2.03. The monoisotopic (exact) mass is 230 g/mol. The lowest BCUT2D eigenvalue weighted by Gasteiger charge is -2.24. The van der Waals surface area contributed by atoms with Crippen LogP contribution in [-0.4, -0.2) is 50.8 Å².